The maximum Gasteiger partial charge on any atom is 0.357 e. The molecule has 0 atom stereocenters. The molecule has 7 heteroatoms. The van der Waals surface area contributed by atoms with Crippen LogP contribution < -0.4 is 10.9 Å². The van der Waals surface area contributed by atoms with Crippen molar-refractivity contribution in [3.63, 3.8) is 0 Å². The highest BCUT2D eigenvalue weighted by atomic mass is 16.4. The predicted octanol–water partition coefficient (Wildman–Crippen LogP) is 2.35. The first-order valence-corrected chi connectivity index (χ1v) is 7.97. The monoisotopic (exact) mass is 351 g/mol. The topological polar surface area (TPSA) is 101 Å². The molecule has 0 saturated carbocycles. The number of carboxylic acids is 1. The van der Waals surface area contributed by atoms with Crippen LogP contribution in [-0.4, -0.2) is 26.8 Å². The van der Waals surface area contributed by atoms with Crippen LogP contribution in [0.1, 0.15) is 21.6 Å². The third kappa shape index (κ3) is 3.32. The molecule has 0 saturated heterocycles. The lowest BCUT2D eigenvalue weighted by Gasteiger charge is -2.10. The van der Waals surface area contributed by atoms with E-state index >= 15 is 0 Å². The van der Waals surface area contributed by atoms with E-state index in [1.54, 1.807) is 18.2 Å². The first-order chi connectivity index (χ1) is 12.4. The summed E-state index contributed by atoms with van der Waals surface area (Å²) in [6.45, 7) is 3.52. The lowest BCUT2D eigenvalue weighted by Crippen LogP contribution is -2.31. The van der Waals surface area contributed by atoms with Gasteiger partial charge >= 0.3 is 5.97 Å². The van der Waals surface area contributed by atoms with Gasteiger partial charge in [0.1, 0.15) is 6.54 Å². The summed E-state index contributed by atoms with van der Waals surface area (Å²) in [6, 6.07) is 11.8. The SMILES string of the molecule is Cc1ccc(NC(=O)Cn2nc(C(=O)O)c3ccccc3c2=O)cc1C. The van der Waals surface area contributed by atoms with Crippen LogP contribution in [0.25, 0.3) is 10.8 Å². The van der Waals surface area contributed by atoms with Crippen molar-refractivity contribution in [2.45, 2.75) is 20.4 Å². The minimum Gasteiger partial charge on any atom is -0.476 e. The number of carbonyl (C=O) groups is 2. The van der Waals surface area contributed by atoms with Gasteiger partial charge in [-0.15, -0.1) is 0 Å². The zero-order valence-electron chi connectivity index (χ0n) is 14.3. The number of aromatic nitrogens is 2. The predicted molar refractivity (Wildman–Crippen MR) is 97.5 cm³/mol. The molecule has 2 aromatic carbocycles. The summed E-state index contributed by atoms with van der Waals surface area (Å²) >= 11 is 0. The number of carboxylic acid groups (broad SMARTS) is 1. The van der Waals surface area contributed by atoms with Crippen molar-refractivity contribution >= 4 is 28.3 Å². The molecule has 3 rings (SSSR count). The number of nitrogens with zero attached hydrogens (tertiary/aromatic N) is 2. The van der Waals surface area contributed by atoms with E-state index in [0.29, 0.717) is 5.69 Å². The number of rotatable bonds is 4. The van der Waals surface area contributed by atoms with Gasteiger partial charge < -0.3 is 10.4 Å². The third-order valence-corrected chi connectivity index (χ3v) is 4.15. The van der Waals surface area contributed by atoms with E-state index in [-0.39, 0.29) is 23.0 Å². The van der Waals surface area contributed by atoms with Crippen LogP contribution in [0.3, 0.4) is 0 Å². The fourth-order valence-corrected chi connectivity index (χ4v) is 2.66. The van der Waals surface area contributed by atoms with Crippen LogP contribution in [-0.2, 0) is 11.3 Å². The number of amides is 1. The van der Waals surface area contributed by atoms with Gasteiger partial charge in [0.25, 0.3) is 5.56 Å². The number of anilines is 1. The molecule has 3 aromatic rings. The highest BCUT2D eigenvalue weighted by molar-refractivity contribution is 6.01. The third-order valence-electron chi connectivity index (χ3n) is 4.15. The number of hydrogen-bond donors (Lipinski definition) is 2. The van der Waals surface area contributed by atoms with E-state index < -0.39 is 17.4 Å². The van der Waals surface area contributed by atoms with E-state index in [1.807, 2.05) is 26.0 Å². The standard InChI is InChI=1S/C19H17N3O4/c1-11-7-8-13(9-12(11)2)20-16(23)10-22-18(24)15-6-4-3-5-14(15)17(21-22)19(25)26/h3-9H,10H2,1-2H3,(H,20,23)(H,25,26). The molecular weight excluding hydrogens is 334 g/mol. The van der Waals surface area contributed by atoms with Gasteiger partial charge in [0, 0.05) is 11.1 Å². The van der Waals surface area contributed by atoms with Crippen molar-refractivity contribution < 1.29 is 14.7 Å². The minimum atomic E-state index is -1.26. The van der Waals surface area contributed by atoms with Gasteiger partial charge in [-0.1, -0.05) is 24.3 Å². The maximum atomic E-state index is 12.5. The molecule has 2 N–H and O–H groups in total. The van der Waals surface area contributed by atoms with Gasteiger partial charge in [0.2, 0.25) is 5.91 Å². The molecule has 26 heavy (non-hydrogen) atoms. The largest absolute Gasteiger partial charge is 0.476 e. The first-order valence-electron chi connectivity index (χ1n) is 7.97. The molecule has 0 bridgehead atoms. The number of aryl methyl sites for hydroxylation is 2. The number of carbonyl (C=O) groups excluding carboxylic acids is 1. The Morgan fingerprint density at radius 1 is 1.08 bits per heavy atom. The van der Waals surface area contributed by atoms with E-state index in [1.165, 1.54) is 12.1 Å². The summed E-state index contributed by atoms with van der Waals surface area (Å²) in [7, 11) is 0. The van der Waals surface area contributed by atoms with Crippen LogP contribution in [0.15, 0.2) is 47.3 Å². The van der Waals surface area contributed by atoms with E-state index in [9.17, 15) is 19.5 Å². The van der Waals surface area contributed by atoms with Crippen LogP contribution in [0.2, 0.25) is 0 Å². The van der Waals surface area contributed by atoms with Gasteiger partial charge in [-0.2, -0.15) is 5.10 Å². The summed E-state index contributed by atoms with van der Waals surface area (Å²) in [5, 5.41) is 16.4. The Morgan fingerprint density at radius 2 is 1.77 bits per heavy atom. The highest BCUT2D eigenvalue weighted by Gasteiger charge is 2.17. The number of fused-ring (bicyclic) bond motifs is 1. The summed E-state index contributed by atoms with van der Waals surface area (Å²) in [5.74, 6) is -1.72. The Labute approximate surface area is 148 Å². The van der Waals surface area contributed by atoms with Crippen molar-refractivity contribution in [1.29, 1.82) is 0 Å². The minimum absolute atomic E-state index is 0.207. The Bertz CT molecular complexity index is 1090. The first kappa shape index (κ1) is 17.3. The van der Waals surface area contributed by atoms with Gasteiger partial charge in [0.15, 0.2) is 5.69 Å². The summed E-state index contributed by atoms with van der Waals surface area (Å²) < 4.78 is 0.877. The fourth-order valence-electron chi connectivity index (χ4n) is 2.66. The number of hydrogen-bond acceptors (Lipinski definition) is 4. The van der Waals surface area contributed by atoms with Crippen LogP contribution in [0.5, 0.6) is 0 Å². The Balaban J connectivity index is 1.94. The molecule has 7 nitrogen and oxygen atoms in total. The van der Waals surface area contributed by atoms with Crippen LogP contribution in [0.4, 0.5) is 5.69 Å². The highest BCUT2D eigenvalue weighted by Crippen LogP contribution is 2.15. The normalized spacial score (nSPS) is 10.7. The van der Waals surface area contributed by atoms with Gasteiger partial charge in [-0.05, 0) is 43.2 Å². The number of aromatic carboxylic acids is 1. The molecule has 1 aromatic heterocycles. The molecule has 0 fully saturated rings. The lowest BCUT2D eigenvalue weighted by molar-refractivity contribution is -0.117. The molecule has 1 heterocycles. The van der Waals surface area contributed by atoms with E-state index in [0.717, 1.165) is 15.8 Å². The summed E-state index contributed by atoms with van der Waals surface area (Å²) in [4.78, 5) is 36.3. The Kier molecular flexibility index (Phi) is 4.53. The van der Waals surface area contributed by atoms with Gasteiger partial charge in [0.05, 0.1) is 5.39 Å². The number of benzene rings is 2. The average Bonchev–Trinajstić information content (AvgIpc) is 2.60. The van der Waals surface area contributed by atoms with Crippen molar-refractivity contribution in [2.75, 3.05) is 5.32 Å². The van der Waals surface area contributed by atoms with Gasteiger partial charge in [-0.3, -0.25) is 9.59 Å². The maximum absolute atomic E-state index is 12.5. The second-order valence-corrected chi connectivity index (χ2v) is 6.01. The molecule has 0 unspecified atom stereocenters. The lowest BCUT2D eigenvalue weighted by atomic mass is 10.1. The quantitative estimate of drug-likeness (QED) is 0.751. The molecule has 132 valence electrons. The second-order valence-electron chi connectivity index (χ2n) is 6.01. The van der Waals surface area contributed by atoms with Crippen molar-refractivity contribution in [1.82, 2.24) is 9.78 Å². The number of nitrogens with one attached hydrogen (secondary N) is 1. The molecule has 0 radical (unpaired) electrons. The Morgan fingerprint density at radius 3 is 2.42 bits per heavy atom. The molecule has 1 amide bonds. The average molecular weight is 351 g/mol. The zero-order chi connectivity index (χ0) is 18.8. The molecule has 0 aliphatic carbocycles. The molecule has 0 aliphatic heterocycles. The molecule has 0 aliphatic rings. The van der Waals surface area contributed by atoms with Crippen LogP contribution in [0, 0.1) is 13.8 Å². The Hall–Kier alpha value is -3.48. The molecule has 0 spiro atoms. The van der Waals surface area contributed by atoms with E-state index in [2.05, 4.69) is 10.4 Å². The summed E-state index contributed by atoms with van der Waals surface area (Å²) in [6.07, 6.45) is 0. The second kappa shape index (κ2) is 6.79. The van der Waals surface area contributed by atoms with Crippen LogP contribution >= 0.6 is 0 Å². The zero-order valence-corrected chi connectivity index (χ0v) is 14.3. The van der Waals surface area contributed by atoms with Gasteiger partial charge in [-0.25, -0.2) is 9.48 Å². The van der Waals surface area contributed by atoms with Crippen molar-refractivity contribution in [3.05, 3.63) is 69.6 Å². The summed E-state index contributed by atoms with van der Waals surface area (Å²) in [5.41, 5.74) is 1.95. The fraction of sp³-hybridized carbons (Fsp3) is 0.158. The smallest absolute Gasteiger partial charge is 0.357 e. The van der Waals surface area contributed by atoms with E-state index in [4.69, 9.17) is 0 Å². The van der Waals surface area contributed by atoms with Crippen molar-refractivity contribution in [2.24, 2.45) is 0 Å². The van der Waals surface area contributed by atoms with Crippen molar-refractivity contribution in [3.8, 4) is 0 Å². The molecular formula is C19H17N3O4.